The second-order valence-corrected chi connectivity index (χ2v) is 23.0. The summed E-state index contributed by atoms with van der Waals surface area (Å²) in [6.45, 7) is 4.72. The van der Waals surface area contributed by atoms with Gasteiger partial charge in [0.2, 0.25) is 12.2 Å². The molecule has 0 saturated carbocycles. The normalized spacial score (nSPS) is 16.3. The minimum Gasteiger partial charge on any atom is -0.346 e. The Hall–Kier alpha value is -10.8. The SMILES string of the molecule is CC1(C)c2ccccc2-c2cc3c4ccccc4n(C4N=C(c5cccc(-c6ccc7c8cc9c(cc8n(-c8ccccc8)c7c6)c6ccccc6n9C6=NC(c7ccccc7)=CC(c7ccccc7)N6)c5)C=C(c5ccccc5)N4)c3cc21. The zero-order valence-corrected chi connectivity index (χ0v) is 46.4. The number of nitrogens with one attached hydrogen (secondary N) is 2. The molecule has 2 unspecified atom stereocenters. The summed E-state index contributed by atoms with van der Waals surface area (Å²) in [6.07, 6.45) is 4.03. The molecular weight excluding hydrogens is 1020 g/mol. The van der Waals surface area contributed by atoms with Crippen molar-refractivity contribution in [3.05, 3.63) is 306 Å². The summed E-state index contributed by atoms with van der Waals surface area (Å²) in [6, 6.07) is 94.6. The van der Waals surface area contributed by atoms with Crippen LogP contribution in [0.5, 0.6) is 0 Å². The number of aromatic nitrogens is 3. The molecule has 84 heavy (non-hydrogen) atoms. The average Bonchev–Trinajstić information content (AvgIpc) is 2.14. The van der Waals surface area contributed by atoms with E-state index < -0.39 is 6.29 Å². The lowest BCUT2D eigenvalue weighted by atomic mass is 9.82. The monoisotopic (exact) mass is 1080 g/mol. The predicted octanol–water partition coefficient (Wildman–Crippen LogP) is 18.2. The molecule has 3 aromatic heterocycles. The van der Waals surface area contributed by atoms with Crippen molar-refractivity contribution in [2.75, 3.05) is 0 Å². The van der Waals surface area contributed by atoms with Crippen LogP contribution in [0.1, 0.15) is 59.6 Å². The zero-order chi connectivity index (χ0) is 55.6. The van der Waals surface area contributed by atoms with Crippen molar-refractivity contribution in [3.8, 4) is 27.9 Å². The molecular formula is C77H55N7. The fraction of sp³-hybridized carbons (Fsp3) is 0.0649. The van der Waals surface area contributed by atoms with Crippen LogP contribution >= 0.6 is 0 Å². The van der Waals surface area contributed by atoms with Crippen LogP contribution in [0.3, 0.4) is 0 Å². The van der Waals surface area contributed by atoms with Gasteiger partial charge in [-0.15, -0.1) is 0 Å². The number of hydrogen-bond acceptors (Lipinski definition) is 4. The van der Waals surface area contributed by atoms with E-state index in [0.29, 0.717) is 0 Å². The Morgan fingerprint density at radius 3 is 1.75 bits per heavy atom. The lowest BCUT2D eigenvalue weighted by Crippen LogP contribution is -2.35. The fourth-order valence-electron chi connectivity index (χ4n) is 13.9. The van der Waals surface area contributed by atoms with E-state index in [9.17, 15) is 0 Å². The van der Waals surface area contributed by atoms with E-state index in [4.69, 9.17) is 9.98 Å². The maximum absolute atomic E-state index is 5.70. The molecule has 1 aliphatic carbocycles. The van der Waals surface area contributed by atoms with E-state index in [1.54, 1.807) is 0 Å². The molecule has 7 heteroatoms. The van der Waals surface area contributed by atoms with Crippen molar-refractivity contribution in [3.63, 3.8) is 0 Å². The third-order valence-electron chi connectivity index (χ3n) is 17.9. The van der Waals surface area contributed by atoms with Crippen molar-refractivity contribution >= 4 is 88.5 Å². The minimum absolute atomic E-state index is 0.0936. The van der Waals surface area contributed by atoms with E-state index in [0.717, 1.165) is 106 Å². The van der Waals surface area contributed by atoms with E-state index in [-0.39, 0.29) is 11.5 Å². The molecule has 0 saturated heterocycles. The minimum atomic E-state index is -0.438. The van der Waals surface area contributed by atoms with Gasteiger partial charge in [-0.05, 0) is 117 Å². The molecule has 7 nitrogen and oxygen atoms in total. The molecule has 2 atom stereocenters. The second-order valence-electron chi connectivity index (χ2n) is 23.0. The van der Waals surface area contributed by atoms with E-state index in [1.807, 2.05) is 0 Å². The lowest BCUT2D eigenvalue weighted by molar-refractivity contribution is 0.508. The van der Waals surface area contributed by atoms with Crippen LogP contribution < -0.4 is 10.6 Å². The number of benzene rings is 11. The molecule has 3 aliphatic rings. The smallest absolute Gasteiger partial charge is 0.209 e. The van der Waals surface area contributed by atoms with Crippen molar-refractivity contribution in [2.45, 2.75) is 31.6 Å². The number of rotatable bonds is 7. The lowest BCUT2D eigenvalue weighted by Gasteiger charge is -2.27. The van der Waals surface area contributed by atoms with Crippen molar-refractivity contribution in [1.82, 2.24) is 24.3 Å². The molecule has 0 spiro atoms. The molecule has 17 rings (SSSR count). The Morgan fingerprint density at radius 2 is 0.976 bits per heavy atom. The third-order valence-corrected chi connectivity index (χ3v) is 17.9. The summed E-state index contributed by atoms with van der Waals surface area (Å²) in [7, 11) is 0. The van der Waals surface area contributed by atoms with E-state index in [1.165, 1.54) is 44.0 Å². The average molecular weight is 1080 g/mol. The second kappa shape index (κ2) is 18.6. The summed E-state index contributed by atoms with van der Waals surface area (Å²) in [5.74, 6) is 0.786. The van der Waals surface area contributed by atoms with Gasteiger partial charge in [-0.25, -0.2) is 9.98 Å². The van der Waals surface area contributed by atoms with Gasteiger partial charge in [0.05, 0.1) is 50.6 Å². The highest BCUT2D eigenvalue weighted by molar-refractivity contribution is 6.22. The molecule has 398 valence electrons. The van der Waals surface area contributed by atoms with Gasteiger partial charge in [-0.2, -0.15) is 0 Å². The summed E-state index contributed by atoms with van der Waals surface area (Å²) >= 11 is 0. The van der Waals surface area contributed by atoms with Crippen LogP contribution in [0.15, 0.2) is 283 Å². The predicted molar refractivity (Wildman–Crippen MR) is 349 cm³/mol. The van der Waals surface area contributed by atoms with Gasteiger partial charge in [0.25, 0.3) is 0 Å². The Labute approximate surface area is 486 Å². The van der Waals surface area contributed by atoms with Crippen molar-refractivity contribution < 1.29 is 0 Å². The first-order valence-corrected chi connectivity index (χ1v) is 29.0. The van der Waals surface area contributed by atoms with Crippen LogP contribution in [0, 0.1) is 0 Å². The summed E-state index contributed by atoms with van der Waals surface area (Å²) in [5.41, 5.74) is 22.5. The first-order chi connectivity index (χ1) is 41.4. The quantitative estimate of drug-likeness (QED) is 0.167. The summed E-state index contributed by atoms with van der Waals surface area (Å²) < 4.78 is 7.20. The van der Waals surface area contributed by atoms with Gasteiger partial charge in [0, 0.05) is 60.2 Å². The molecule has 11 aromatic carbocycles. The maximum Gasteiger partial charge on any atom is 0.209 e. The number of aliphatic imine (C=N–C) groups is 2. The van der Waals surface area contributed by atoms with Gasteiger partial charge in [-0.1, -0.05) is 214 Å². The first-order valence-electron chi connectivity index (χ1n) is 29.0. The first kappa shape index (κ1) is 48.0. The Morgan fingerprint density at radius 1 is 0.393 bits per heavy atom. The van der Waals surface area contributed by atoms with Gasteiger partial charge in [0.15, 0.2) is 0 Å². The highest BCUT2D eigenvalue weighted by Crippen LogP contribution is 2.51. The Bertz CT molecular complexity index is 5150. The zero-order valence-electron chi connectivity index (χ0n) is 46.4. The molecule has 2 aliphatic heterocycles. The van der Waals surface area contributed by atoms with E-state index >= 15 is 0 Å². The van der Waals surface area contributed by atoms with Gasteiger partial charge >= 0.3 is 0 Å². The molecule has 0 bridgehead atoms. The molecule has 14 aromatic rings. The number of fused-ring (bicyclic) bond motifs is 12. The number of nitrogens with zero attached hydrogens (tertiary/aromatic N) is 5. The van der Waals surface area contributed by atoms with Crippen LogP contribution in [0.4, 0.5) is 0 Å². The summed E-state index contributed by atoms with van der Waals surface area (Å²) in [5, 5.41) is 14.9. The number of allylic oxidation sites excluding steroid dienone is 1. The molecule has 0 radical (unpaired) electrons. The topological polar surface area (TPSA) is 63.6 Å². The molecule has 2 N–H and O–H groups in total. The molecule has 0 amide bonds. The largest absolute Gasteiger partial charge is 0.346 e. The van der Waals surface area contributed by atoms with Gasteiger partial charge < -0.3 is 19.8 Å². The van der Waals surface area contributed by atoms with Crippen LogP contribution in [-0.2, 0) is 5.41 Å². The van der Waals surface area contributed by atoms with Gasteiger partial charge in [0.1, 0.15) is 0 Å². The Kier molecular flexibility index (Phi) is 10.7. The standard InChI is InChI=1S/C77H55N7/c1-77(2)63-35-18-15-32-55(63)59-42-60-56-33-16-19-36-69(56)84(74(60)45-64(59)77)76-80-67(50-26-11-5-12-27-50)47-68(81-76)53-29-21-28-51(40-53)52-38-39-58-62-44-73-61(43-72(62)82(71(58)41-52)54-30-13-6-14-31-54)57-34-17-20-37-70(57)83(73)75-78-65(48-22-7-3-8-23-48)46-66(79-75)49-24-9-4-10-25-49/h3-47,65,76,80H,1-2H3,(H,78,79). The van der Waals surface area contributed by atoms with E-state index in [2.05, 4.69) is 311 Å². The molecule has 0 fully saturated rings. The summed E-state index contributed by atoms with van der Waals surface area (Å²) in [4.78, 5) is 11.1. The maximum atomic E-state index is 5.70. The Balaban J connectivity index is 0.819. The van der Waals surface area contributed by atoms with Gasteiger partial charge in [-0.3, -0.25) is 4.57 Å². The fourth-order valence-corrected chi connectivity index (χ4v) is 13.9. The number of para-hydroxylation sites is 3. The van der Waals surface area contributed by atoms with Crippen LogP contribution in [0.25, 0.3) is 105 Å². The van der Waals surface area contributed by atoms with Crippen LogP contribution in [0.2, 0.25) is 0 Å². The van der Waals surface area contributed by atoms with Crippen molar-refractivity contribution in [2.24, 2.45) is 9.98 Å². The van der Waals surface area contributed by atoms with Crippen molar-refractivity contribution in [1.29, 1.82) is 0 Å². The van der Waals surface area contributed by atoms with Crippen LogP contribution in [-0.4, -0.2) is 25.4 Å². The molecule has 5 heterocycles. The highest BCUT2D eigenvalue weighted by atomic mass is 15.3. The number of hydrogen-bond donors (Lipinski definition) is 2. The highest BCUT2D eigenvalue weighted by Gasteiger charge is 2.37. The third kappa shape index (κ3) is 7.45.